The molecule has 0 radical (unpaired) electrons. The summed E-state index contributed by atoms with van der Waals surface area (Å²) in [5.74, 6) is 0.471. The standard InChI is InChI=1S/C14H19NO2/c16-13-6-2-4-11-3-1-5-12(14(11)13)15-7-9-17-10-8-15/h2,4,6,12,16H,1,3,5,7-10H2. The molecule has 1 heterocycles. The largest absolute Gasteiger partial charge is 0.508 e. The molecule has 0 spiro atoms. The zero-order valence-electron chi connectivity index (χ0n) is 10.1. The van der Waals surface area contributed by atoms with Gasteiger partial charge < -0.3 is 9.84 Å². The van der Waals surface area contributed by atoms with Crippen LogP contribution in [0.4, 0.5) is 0 Å². The monoisotopic (exact) mass is 233 g/mol. The van der Waals surface area contributed by atoms with Gasteiger partial charge in [0.15, 0.2) is 0 Å². The number of nitrogens with zero attached hydrogens (tertiary/aromatic N) is 1. The number of ether oxygens (including phenoxy) is 1. The Labute approximate surface area is 102 Å². The molecular formula is C14H19NO2. The highest BCUT2D eigenvalue weighted by atomic mass is 16.5. The smallest absolute Gasteiger partial charge is 0.120 e. The molecule has 1 atom stereocenters. The predicted octanol–water partition coefficient (Wildman–Crippen LogP) is 2.10. The molecule has 2 aliphatic rings. The molecular weight excluding hydrogens is 214 g/mol. The van der Waals surface area contributed by atoms with E-state index in [1.54, 1.807) is 0 Å². The lowest BCUT2D eigenvalue weighted by Crippen LogP contribution is -2.40. The maximum Gasteiger partial charge on any atom is 0.120 e. The topological polar surface area (TPSA) is 32.7 Å². The second-order valence-corrected chi connectivity index (χ2v) is 4.91. The number of fused-ring (bicyclic) bond motifs is 1. The average Bonchev–Trinajstić information content (AvgIpc) is 2.39. The summed E-state index contributed by atoms with van der Waals surface area (Å²) >= 11 is 0. The number of aryl methyl sites for hydroxylation is 1. The first-order valence-corrected chi connectivity index (χ1v) is 6.49. The molecule has 3 rings (SSSR count). The fraction of sp³-hybridized carbons (Fsp3) is 0.571. The van der Waals surface area contributed by atoms with E-state index in [1.807, 2.05) is 12.1 Å². The van der Waals surface area contributed by atoms with Crippen LogP contribution in [0.5, 0.6) is 5.75 Å². The molecule has 17 heavy (non-hydrogen) atoms. The molecule has 1 aliphatic heterocycles. The van der Waals surface area contributed by atoms with Crippen molar-refractivity contribution >= 4 is 0 Å². The third-order valence-electron chi connectivity index (χ3n) is 3.92. The van der Waals surface area contributed by atoms with Crippen LogP contribution < -0.4 is 0 Å². The maximum atomic E-state index is 10.1. The fourth-order valence-electron chi connectivity index (χ4n) is 3.09. The first kappa shape index (κ1) is 11.1. The van der Waals surface area contributed by atoms with Crippen LogP contribution in [0.1, 0.15) is 30.0 Å². The van der Waals surface area contributed by atoms with Crippen molar-refractivity contribution in [3.63, 3.8) is 0 Å². The zero-order valence-corrected chi connectivity index (χ0v) is 10.1. The van der Waals surface area contributed by atoms with Gasteiger partial charge in [0, 0.05) is 24.7 Å². The normalized spacial score (nSPS) is 25.5. The Hall–Kier alpha value is -1.06. The van der Waals surface area contributed by atoms with Crippen molar-refractivity contribution in [1.82, 2.24) is 4.90 Å². The molecule has 1 aromatic rings. The molecule has 3 nitrogen and oxygen atoms in total. The minimum atomic E-state index is 0.392. The van der Waals surface area contributed by atoms with Crippen LogP contribution in [0.25, 0.3) is 0 Å². The molecule has 0 amide bonds. The van der Waals surface area contributed by atoms with Gasteiger partial charge in [-0.2, -0.15) is 0 Å². The van der Waals surface area contributed by atoms with E-state index in [2.05, 4.69) is 11.0 Å². The molecule has 1 aromatic carbocycles. The summed E-state index contributed by atoms with van der Waals surface area (Å²) in [7, 11) is 0. The summed E-state index contributed by atoms with van der Waals surface area (Å²) in [4.78, 5) is 2.46. The summed E-state index contributed by atoms with van der Waals surface area (Å²) < 4.78 is 5.40. The molecule has 1 unspecified atom stereocenters. The van der Waals surface area contributed by atoms with Gasteiger partial charge in [-0.15, -0.1) is 0 Å². The number of rotatable bonds is 1. The molecule has 0 aromatic heterocycles. The molecule has 1 fully saturated rings. The Morgan fingerprint density at radius 2 is 2.06 bits per heavy atom. The van der Waals surface area contributed by atoms with Gasteiger partial charge >= 0.3 is 0 Å². The van der Waals surface area contributed by atoms with Crippen LogP contribution in [-0.2, 0) is 11.2 Å². The van der Waals surface area contributed by atoms with Gasteiger partial charge in [0.1, 0.15) is 5.75 Å². The highest BCUT2D eigenvalue weighted by molar-refractivity contribution is 5.43. The lowest BCUT2D eigenvalue weighted by atomic mass is 9.86. The van der Waals surface area contributed by atoms with E-state index in [0.717, 1.165) is 39.1 Å². The first-order chi connectivity index (χ1) is 8.36. The number of benzene rings is 1. The van der Waals surface area contributed by atoms with E-state index < -0.39 is 0 Å². The zero-order chi connectivity index (χ0) is 11.7. The Morgan fingerprint density at radius 3 is 2.88 bits per heavy atom. The second kappa shape index (κ2) is 4.67. The molecule has 0 saturated carbocycles. The molecule has 0 bridgehead atoms. The van der Waals surface area contributed by atoms with Crippen molar-refractivity contribution in [3.05, 3.63) is 29.3 Å². The SMILES string of the molecule is Oc1cccc2c1C(N1CCOCC1)CCC2. The van der Waals surface area contributed by atoms with E-state index in [9.17, 15) is 5.11 Å². The van der Waals surface area contributed by atoms with Gasteiger partial charge in [-0.1, -0.05) is 12.1 Å². The van der Waals surface area contributed by atoms with E-state index in [0.29, 0.717) is 11.8 Å². The highest BCUT2D eigenvalue weighted by Crippen LogP contribution is 2.39. The van der Waals surface area contributed by atoms with E-state index in [-0.39, 0.29) is 0 Å². The van der Waals surface area contributed by atoms with Crippen LogP contribution in [0.3, 0.4) is 0 Å². The van der Waals surface area contributed by atoms with Gasteiger partial charge in [0.05, 0.1) is 13.2 Å². The van der Waals surface area contributed by atoms with Crippen molar-refractivity contribution in [2.75, 3.05) is 26.3 Å². The van der Waals surface area contributed by atoms with Crippen molar-refractivity contribution < 1.29 is 9.84 Å². The average molecular weight is 233 g/mol. The third-order valence-corrected chi connectivity index (χ3v) is 3.92. The third kappa shape index (κ3) is 2.05. The number of phenolic OH excluding ortho intramolecular Hbond substituents is 1. The molecule has 1 aliphatic carbocycles. The first-order valence-electron chi connectivity index (χ1n) is 6.49. The minimum absolute atomic E-state index is 0.392. The highest BCUT2D eigenvalue weighted by Gasteiger charge is 2.29. The Balaban J connectivity index is 1.92. The van der Waals surface area contributed by atoms with Gasteiger partial charge in [0.2, 0.25) is 0 Å². The number of phenols is 1. The summed E-state index contributed by atoms with van der Waals surface area (Å²) in [6.45, 7) is 3.61. The van der Waals surface area contributed by atoms with Gasteiger partial charge in [-0.3, -0.25) is 4.90 Å². The summed E-state index contributed by atoms with van der Waals surface area (Å²) in [5, 5.41) is 10.1. The van der Waals surface area contributed by atoms with Crippen LogP contribution in [0.15, 0.2) is 18.2 Å². The van der Waals surface area contributed by atoms with Gasteiger partial charge in [-0.05, 0) is 30.9 Å². The van der Waals surface area contributed by atoms with Crippen LogP contribution in [0.2, 0.25) is 0 Å². The molecule has 1 N–H and O–H groups in total. The number of hydrogen-bond donors (Lipinski definition) is 1. The second-order valence-electron chi connectivity index (χ2n) is 4.91. The van der Waals surface area contributed by atoms with Gasteiger partial charge in [0.25, 0.3) is 0 Å². The Morgan fingerprint density at radius 1 is 1.24 bits per heavy atom. The summed E-state index contributed by atoms with van der Waals surface area (Å²) in [5.41, 5.74) is 2.49. The predicted molar refractivity (Wildman–Crippen MR) is 66.2 cm³/mol. The quantitative estimate of drug-likeness (QED) is 0.806. The maximum absolute atomic E-state index is 10.1. The Kier molecular flexibility index (Phi) is 3.04. The lowest BCUT2D eigenvalue weighted by molar-refractivity contribution is 0.0119. The molecule has 92 valence electrons. The number of morpholine rings is 1. The van der Waals surface area contributed by atoms with Crippen molar-refractivity contribution in [2.45, 2.75) is 25.3 Å². The Bertz CT molecular complexity index is 399. The lowest BCUT2D eigenvalue weighted by Gasteiger charge is -2.38. The van der Waals surface area contributed by atoms with Crippen molar-refractivity contribution in [1.29, 1.82) is 0 Å². The van der Waals surface area contributed by atoms with Crippen molar-refractivity contribution in [3.8, 4) is 5.75 Å². The fourth-order valence-corrected chi connectivity index (χ4v) is 3.09. The van der Waals surface area contributed by atoms with Gasteiger partial charge in [-0.25, -0.2) is 0 Å². The van der Waals surface area contributed by atoms with Crippen LogP contribution in [-0.4, -0.2) is 36.3 Å². The minimum Gasteiger partial charge on any atom is -0.508 e. The summed E-state index contributed by atoms with van der Waals surface area (Å²) in [6.07, 6.45) is 3.48. The number of hydrogen-bond acceptors (Lipinski definition) is 3. The van der Waals surface area contributed by atoms with E-state index >= 15 is 0 Å². The van der Waals surface area contributed by atoms with E-state index in [1.165, 1.54) is 17.5 Å². The summed E-state index contributed by atoms with van der Waals surface area (Å²) in [6, 6.07) is 6.32. The number of aromatic hydroxyl groups is 1. The molecule has 1 saturated heterocycles. The van der Waals surface area contributed by atoms with Crippen LogP contribution >= 0.6 is 0 Å². The van der Waals surface area contributed by atoms with Crippen molar-refractivity contribution in [2.24, 2.45) is 0 Å². The molecule has 3 heteroatoms. The van der Waals surface area contributed by atoms with E-state index in [4.69, 9.17) is 4.74 Å². The van der Waals surface area contributed by atoms with Crippen LogP contribution in [0, 0.1) is 0 Å².